The molecule has 0 spiro atoms. The molecular formula is C22H28N2O. The molecule has 0 aliphatic carbocycles. The van der Waals surface area contributed by atoms with E-state index in [0.717, 1.165) is 44.5 Å². The van der Waals surface area contributed by atoms with Crippen molar-refractivity contribution in [3.05, 3.63) is 71.3 Å². The number of aryl methyl sites for hydroxylation is 1. The summed E-state index contributed by atoms with van der Waals surface area (Å²) in [6.45, 7) is 7.38. The summed E-state index contributed by atoms with van der Waals surface area (Å²) in [4.78, 5) is 15.0. The highest BCUT2D eigenvalue weighted by molar-refractivity contribution is 5.94. The minimum absolute atomic E-state index is 0.0419. The zero-order valence-electron chi connectivity index (χ0n) is 15.3. The first-order chi connectivity index (χ1) is 12.0. The van der Waals surface area contributed by atoms with Crippen LogP contribution in [0.4, 0.5) is 0 Å². The van der Waals surface area contributed by atoms with Crippen LogP contribution < -0.4 is 5.32 Å². The summed E-state index contributed by atoms with van der Waals surface area (Å²) in [6.07, 6.45) is 3.09. The van der Waals surface area contributed by atoms with E-state index in [9.17, 15) is 4.79 Å². The van der Waals surface area contributed by atoms with Crippen LogP contribution in [0.3, 0.4) is 0 Å². The van der Waals surface area contributed by atoms with E-state index in [0.29, 0.717) is 0 Å². The van der Waals surface area contributed by atoms with Gasteiger partial charge in [0.25, 0.3) is 5.91 Å². The molecule has 0 radical (unpaired) electrons. The van der Waals surface area contributed by atoms with Crippen LogP contribution in [-0.4, -0.2) is 36.0 Å². The Balaban J connectivity index is 1.48. The zero-order chi connectivity index (χ0) is 17.7. The Bertz CT molecular complexity index is 686. The number of nitrogens with one attached hydrogen (secondary N) is 1. The SMILES string of the molecule is Cc1ccc(C(=O)NC2(C)CCN(CCc3ccccc3)CC2)cc1. The molecule has 1 N–H and O–H groups in total. The number of likely N-dealkylation sites (tertiary alicyclic amines) is 1. The van der Waals surface area contributed by atoms with Crippen molar-refractivity contribution in [2.24, 2.45) is 0 Å². The molecule has 0 aromatic heterocycles. The van der Waals surface area contributed by atoms with Crippen LogP contribution in [0.15, 0.2) is 54.6 Å². The molecule has 2 aromatic carbocycles. The summed E-state index contributed by atoms with van der Waals surface area (Å²) in [6, 6.07) is 18.4. The average molecular weight is 336 g/mol. The Morgan fingerprint density at radius 3 is 2.32 bits per heavy atom. The van der Waals surface area contributed by atoms with Crippen molar-refractivity contribution in [1.29, 1.82) is 0 Å². The van der Waals surface area contributed by atoms with Crippen molar-refractivity contribution in [3.63, 3.8) is 0 Å². The smallest absolute Gasteiger partial charge is 0.251 e. The quantitative estimate of drug-likeness (QED) is 0.900. The molecule has 3 rings (SSSR count). The van der Waals surface area contributed by atoms with Gasteiger partial charge in [-0.1, -0.05) is 48.0 Å². The van der Waals surface area contributed by atoms with Gasteiger partial charge in [0.15, 0.2) is 0 Å². The van der Waals surface area contributed by atoms with Crippen molar-refractivity contribution in [2.45, 2.75) is 38.6 Å². The van der Waals surface area contributed by atoms with Crippen molar-refractivity contribution in [2.75, 3.05) is 19.6 Å². The van der Waals surface area contributed by atoms with E-state index in [-0.39, 0.29) is 11.4 Å². The zero-order valence-corrected chi connectivity index (χ0v) is 15.3. The molecule has 1 aliphatic rings. The lowest BCUT2D eigenvalue weighted by atomic mass is 9.89. The number of carbonyl (C=O) groups is 1. The molecule has 3 nitrogen and oxygen atoms in total. The lowest BCUT2D eigenvalue weighted by molar-refractivity contribution is 0.0835. The van der Waals surface area contributed by atoms with Crippen molar-refractivity contribution >= 4 is 5.91 Å². The number of piperidine rings is 1. The summed E-state index contributed by atoms with van der Waals surface area (Å²) in [5.74, 6) is 0.0419. The van der Waals surface area contributed by atoms with Gasteiger partial charge in [-0.2, -0.15) is 0 Å². The highest BCUT2D eigenvalue weighted by Gasteiger charge is 2.31. The average Bonchev–Trinajstić information content (AvgIpc) is 2.62. The number of nitrogens with zero attached hydrogens (tertiary/aromatic N) is 1. The maximum Gasteiger partial charge on any atom is 0.251 e. The fraction of sp³-hybridized carbons (Fsp3) is 0.409. The first kappa shape index (κ1) is 17.7. The minimum Gasteiger partial charge on any atom is -0.347 e. The van der Waals surface area contributed by atoms with Crippen molar-refractivity contribution < 1.29 is 4.79 Å². The van der Waals surface area contributed by atoms with Crippen LogP contribution in [0, 0.1) is 6.92 Å². The first-order valence-corrected chi connectivity index (χ1v) is 9.20. The van der Waals surface area contributed by atoms with Crippen LogP contribution in [-0.2, 0) is 6.42 Å². The van der Waals surface area contributed by atoms with E-state index in [2.05, 4.69) is 47.5 Å². The van der Waals surface area contributed by atoms with E-state index < -0.39 is 0 Å². The standard InChI is InChI=1S/C22H28N2O/c1-18-8-10-20(11-9-18)21(25)23-22(2)13-16-24(17-14-22)15-12-19-6-4-3-5-7-19/h3-11H,12-17H2,1-2H3,(H,23,25). The van der Waals surface area contributed by atoms with Crippen LogP contribution in [0.2, 0.25) is 0 Å². The third-order valence-corrected chi connectivity index (χ3v) is 5.25. The fourth-order valence-electron chi connectivity index (χ4n) is 3.38. The second-order valence-corrected chi connectivity index (χ2v) is 7.46. The van der Waals surface area contributed by atoms with Crippen molar-refractivity contribution in [3.8, 4) is 0 Å². The molecule has 1 aliphatic heterocycles. The summed E-state index contributed by atoms with van der Waals surface area (Å²) in [7, 11) is 0. The Morgan fingerprint density at radius 2 is 1.68 bits per heavy atom. The molecule has 1 heterocycles. The topological polar surface area (TPSA) is 32.3 Å². The maximum absolute atomic E-state index is 12.5. The van der Waals surface area contributed by atoms with E-state index >= 15 is 0 Å². The van der Waals surface area contributed by atoms with Gasteiger partial charge in [0, 0.05) is 30.7 Å². The molecule has 132 valence electrons. The van der Waals surface area contributed by atoms with Crippen LogP contribution in [0.5, 0.6) is 0 Å². The maximum atomic E-state index is 12.5. The largest absolute Gasteiger partial charge is 0.347 e. The van der Waals surface area contributed by atoms with Crippen molar-refractivity contribution in [1.82, 2.24) is 10.2 Å². The number of benzene rings is 2. The number of amides is 1. The summed E-state index contributed by atoms with van der Waals surface area (Å²) in [5.41, 5.74) is 3.21. The minimum atomic E-state index is -0.106. The molecular weight excluding hydrogens is 308 g/mol. The van der Waals surface area contributed by atoms with Gasteiger partial charge in [0.05, 0.1) is 0 Å². The molecule has 2 aromatic rings. The fourth-order valence-corrected chi connectivity index (χ4v) is 3.38. The van der Waals surface area contributed by atoms with Gasteiger partial charge in [0.1, 0.15) is 0 Å². The molecule has 3 heteroatoms. The molecule has 0 atom stereocenters. The van der Waals surface area contributed by atoms with Crippen LogP contribution >= 0.6 is 0 Å². The second kappa shape index (κ2) is 7.83. The molecule has 0 bridgehead atoms. The van der Waals surface area contributed by atoms with Gasteiger partial charge in [-0.25, -0.2) is 0 Å². The molecule has 1 saturated heterocycles. The Labute approximate surface area is 151 Å². The predicted molar refractivity (Wildman–Crippen MR) is 103 cm³/mol. The Morgan fingerprint density at radius 1 is 1.04 bits per heavy atom. The third kappa shape index (κ3) is 4.93. The van der Waals surface area contributed by atoms with E-state index in [1.807, 2.05) is 31.2 Å². The van der Waals surface area contributed by atoms with Gasteiger partial charge in [0.2, 0.25) is 0 Å². The van der Waals surface area contributed by atoms with Gasteiger partial charge >= 0.3 is 0 Å². The normalized spacial score (nSPS) is 17.2. The van der Waals surface area contributed by atoms with Gasteiger partial charge in [-0.05, 0) is 50.8 Å². The monoisotopic (exact) mass is 336 g/mol. The number of hydrogen-bond donors (Lipinski definition) is 1. The van der Waals surface area contributed by atoms with Gasteiger partial charge in [-0.15, -0.1) is 0 Å². The Kier molecular flexibility index (Phi) is 5.54. The van der Waals surface area contributed by atoms with Crippen LogP contribution in [0.1, 0.15) is 41.3 Å². The molecule has 25 heavy (non-hydrogen) atoms. The number of hydrogen-bond acceptors (Lipinski definition) is 2. The van der Waals surface area contributed by atoms with E-state index in [1.54, 1.807) is 0 Å². The summed E-state index contributed by atoms with van der Waals surface area (Å²) in [5, 5.41) is 3.26. The van der Waals surface area contributed by atoms with Crippen LogP contribution in [0.25, 0.3) is 0 Å². The Hall–Kier alpha value is -2.13. The lowest BCUT2D eigenvalue weighted by Gasteiger charge is -2.40. The summed E-state index contributed by atoms with van der Waals surface area (Å²) < 4.78 is 0. The van der Waals surface area contributed by atoms with Gasteiger partial charge < -0.3 is 10.2 Å². The number of rotatable bonds is 5. The molecule has 1 amide bonds. The first-order valence-electron chi connectivity index (χ1n) is 9.20. The third-order valence-electron chi connectivity index (χ3n) is 5.25. The molecule has 0 saturated carbocycles. The highest BCUT2D eigenvalue weighted by atomic mass is 16.1. The summed E-state index contributed by atoms with van der Waals surface area (Å²) >= 11 is 0. The second-order valence-electron chi connectivity index (χ2n) is 7.46. The van der Waals surface area contributed by atoms with E-state index in [4.69, 9.17) is 0 Å². The molecule has 0 unspecified atom stereocenters. The van der Waals surface area contributed by atoms with E-state index in [1.165, 1.54) is 11.1 Å². The predicted octanol–water partition coefficient (Wildman–Crippen LogP) is 3.82. The highest BCUT2D eigenvalue weighted by Crippen LogP contribution is 2.22. The lowest BCUT2D eigenvalue weighted by Crippen LogP contribution is -2.53. The number of carbonyl (C=O) groups excluding carboxylic acids is 1. The molecule has 1 fully saturated rings. The van der Waals surface area contributed by atoms with Gasteiger partial charge in [-0.3, -0.25) is 4.79 Å².